The van der Waals surface area contributed by atoms with Crippen molar-refractivity contribution < 1.29 is 0 Å². The molecular weight excluding hydrogens is 398 g/mol. The lowest BCUT2D eigenvalue weighted by atomic mass is 10.1. The fraction of sp³-hybridized carbons (Fsp3) is 0.500. The topological polar surface area (TPSA) is 45.2 Å². The number of aromatic nitrogens is 3. The first-order valence-electron chi connectivity index (χ1n) is 10.6. The van der Waals surface area contributed by atoms with Crippen LogP contribution in [0, 0.1) is 0 Å². The van der Waals surface area contributed by atoms with E-state index < -0.39 is 0 Å². The van der Waals surface area contributed by atoms with Crippen LogP contribution in [0.4, 0.5) is 11.9 Å². The number of nitrogens with zero attached hydrogens (tertiary/aromatic N) is 5. The van der Waals surface area contributed by atoms with Gasteiger partial charge in [-0.25, -0.2) is 0 Å². The average Bonchev–Trinajstić information content (AvgIpc) is 2.79. The van der Waals surface area contributed by atoms with Crippen LogP contribution in [-0.2, 0) is 0 Å². The standard InChI is InChI=1S/C22H29N5S2/c1-2-17-28-18-9-11-19(12-10-18)29-22-24-20(26-13-5-3-6-14-26)23-21(25-22)27-15-7-4-8-16-27/h2,9-12H,1,3-8,13-17H2. The Kier molecular flexibility index (Phi) is 7.33. The second-order valence-electron chi connectivity index (χ2n) is 7.49. The smallest absolute Gasteiger partial charge is 0.231 e. The predicted octanol–water partition coefficient (Wildman–Crippen LogP) is 5.28. The van der Waals surface area contributed by atoms with Gasteiger partial charge in [0.05, 0.1) is 0 Å². The summed E-state index contributed by atoms with van der Waals surface area (Å²) in [6, 6.07) is 8.63. The van der Waals surface area contributed by atoms with E-state index in [9.17, 15) is 0 Å². The molecule has 0 radical (unpaired) electrons. The summed E-state index contributed by atoms with van der Waals surface area (Å²) in [7, 11) is 0. The fourth-order valence-electron chi connectivity index (χ4n) is 3.72. The van der Waals surface area contributed by atoms with Crippen LogP contribution in [0.15, 0.2) is 51.9 Å². The summed E-state index contributed by atoms with van der Waals surface area (Å²) in [5.74, 6) is 2.63. The van der Waals surface area contributed by atoms with Crippen molar-refractivity contribution in [3.8, 4) is 0 Å². The molecule has 154 valence electrons. The van der Waals surface area contributed by atoms with Gasteiger partial charge < -0.3 is 9.80 Å². The number of anilines is 2. The first-order valence-corrected chi connectivity index (χ1v) is 12.4. The molecule has 3 heterocycles. The lowest BCUT2D eigenvalue weighted by Gasteiger charge is -2.30. The van der Waals surface area contributed by atoms with Crippen molar-refractivity contribution in [2.24, 2.45) is 0 Å². The molecule has 0 spiro atoms. The minimum atomic E-state index is 0.799. The summed E-state index contributed by atoms with van der Waals surface area (Å²) in [4.78, 5) is 21.6. The first-order chi connectivity index (χ1) is 14.3. The molecule has 2 aliphatic rings. The highest BCUT2D eigenvalue weighted by Gasteiger charge is 2.20. The van der Waals surface area contributed by atoms with Crippen LogP contribution in [0.25, 0.3) is 0 Å². The van der Waals surface area contributed by atoms with Gasteiger partial charge in [-0.15, -0.1) is 18.3 Å². The third kappa shape index (κ3) is 5.66. The number of hydrogen-bond acceptors (Lipinski definition) is 7. The first kappa shape index (κ1) is 20.5. The molecule has 1 aromatic carbocycles. The average molecular weight is 428 g/mol. The molecule has 5 nitrogen and oxygen atoms in total. The summed E-state index contributed by atoms with van der Waals surface area (Å²) >= 11 is 3.43. The van der Waals surface area contributed by atoms with Crippen LogP contribution in [-0.4, -0.2) is 46.9 Å². The number of piperidine rings is 2. The van der Waals surface area contributed by atoms with Crippen LogP contribution >= 0.6 is 23.5 Å². The number of rotatable bonds is 7. The van der Waals surface area contributed by atoms with Crippen molar-refractivity contribution >= 4 is 35.4 Å². The van der Waals surface area contributed by atoms with E-state index in [-0.39, 0.29) is 0 Å². The van der Waals surface area contributed by atoms with E-state index in [4.69, 9.17) is 15.0 Å². The van der Waals surface area contributed by atoms with Crippen molar-refractivity contribution in [2.45, 2.75) is 53.5 Å². The van der Waals surface area contributed by atoms with Crippen molar-refractivity contribution in [3.63, 3.8) is 0 Å². The van der Waals surface area contributed by atoms with Crippen LogP contribution in [0.3, 0.4) is 0 Å². The normalized spacial score (nSPS) is 17.4. The van der Waals surface area contributed by atoms with Gasteiger partial charge in [0.25, 0.3) is 0 Å². The maximum absolute atomic E-state index is 4.87. The van der Waals surface area contributed by atoms with Crippen LogP contribution in [0.2, 0.25) is 0 Å². The summed E-state index contributed by atoms with van der Waals surface area (Å²) in [6.45, 7) is 7.96. The second kappa shape index (κ2) is 10.3. The maximum Gasteiger partial charge on any atom is 0.231 e. The molecule has 2 aromatic rings. The SMILES string of the molecule is C=CCSc1ccc(Sc2nc(N3CCCCC3)nc(N3CCCCC3)n2)cc1. The third-order valence-corrected chi connectivity index (χ3v) is 7.15. The molecule has 2 aliphatic heterocycles. The van der Waals surface area contributed by atoms with E-state index in [1.54, 1.807) is 23.5 Å². The predicted molar refractivity (Wildman–Crippen MR) is 123 cm³/mol. The molecule has 2 saturated heterocycles. The van der Waals surface area contributed by atoms with Gasteiger partial charge in [-0.1, -0.05) is 6.08 Å². The highest BCUT2D eigenvalue weighted by atomic mass is 32.2. The summed E-state index contributed by atoms with van der Waals surface area (Å²) < 4.78 is 0. The van der Waals surface area contributed by atoms with Gasteiger partial charge in [-0.2, -0.15) is 15.0 Å². The van der Waals surface area contributed by atoms with Gasteiger partial charge in [-0.05, 0) is 74.6 Å². The maximum atomic E-state index is 4.87. The van der Waals surface area contributed by atoms with Gasteiger partial charge in [-0.3, -0.25) is 0 Å². The van der Waals surface area contributed by atoms with Crippen molar-refractivity contribution in [1.29, 1.82) is 0 Å². The van der Waals surface area contributed by atoms with Crippen LogP contribution in [0.5, 0.6) is 0 Å². The van der Waals surface area contributed by atoms with E-state index in [0.29, 0.717) is 0 Å². The Hall–Kier alpha value is -1.73. The summed E-state index contributed by atoms with van der Waals surface area (Å²) in [5.41, 5.74) is 0. The minimum absolute atomic E-state index is 0.799. The van der Waals surface area contributed by atoms with Crippen molar-refractivity contribution in [2.75, 3.05) is 41.7 Å². The van der Waals surface area contributed by atoms with E-state index in [1.165, 1.54) is 43.4 Å². The zero-order chi connectivity index (χ0) is 19.9. The highest BCUT2D eigenvalue weighted by molar-refractivity contribution is 7.99. The molecule has 0 N–H and O–H groups in total. The lowest BCUT2D eigenvalue weighted by Crippen LogP contribution is -2.34. The number of benzene rings is 1. The Morgan fingerprint density at radius 1 is 0.759 bits per heavy atom. The van der Waals surface area contributed by atoms with Gasteiger partial charge in [0.2, 0.25) is 11.9 Å². The van der Waals surface area contributed by atoms with Crippen LogP contribution < -0.4 is 9.80 Å². The quantitative estimate of drug-likeness (QED) is 0.440. The monoisotopic (exact) mass is 427 g/mol. The molecule has 0 bridgehead atoms. The second-order valence-corrected chi connectivity index (χ2v) is 9.62. The minimum Gasteiger partial charge on any atom is -0.341 e. The molecule has 29 heavy (non-hydrogen) atoms. The van der Waals surface area contributed by atoms with E-state index in [1.807, 2.05) is 6.08 Å². The molecule has 4 rings (SSSR count). The van der Waals surface area contributed by atoms with E-state index in [0.717, 1.165) is 53.9 Å². The zero-order valence-electron chi connectivity index (χ0n) is 16.9. The van der Waals surface area contributed by atoms with Crippen LogP contribution in [0.1, 0.15) is 38.5 Å². The molecule has 7 heteroatoms. The molecule has 0 amide bonds. The Balaban J connectivity index is 1.56. The van der Waals surface area contributed by atoms with Crippen molar-refractivity contribution in [1.82, 2.24) is 15.0 Å². The summed E-state index contributed by atoms with van der Waals surface area (Å²) in [6.07, 6.45) is 9.42. The summed E-state index contributed by atoms with van der Waals surface area (Å²) in [5, 5.41) is 0.799. The molecule has 0 unspecified atom stereocenters. The number of hydrogen-bond donors (Lipinski definition) is 0. The largest absolute Gasteiger partial charge is 0.341 e. The Morgan fingerprint density at radius 3 is 1.79 bits per heavy atom. The van der Waals surface area contributed by atoms with E-state index >= 15 is 0 Å². The van der Waals surface area contributed by atoms with Gasteiger partial charge >= 0.3 is 0 Å². The molecule has 0 atom stereocenters. The molecule has 0 aliphatic carbocycles. The van der Waals surface area contributed by atoms with Gasteiger partial charge in [0.1, 0.15) is 0 Å². The molecule has 0 saturated carbocycles. The Bertz CT molecular complexity index is 763. The van der Waals surface area contributed by atoms with Crippen molar-refractivity contribution in [3.05, 3.63) is 36.9 Å². The third-order valence-electron chi connectivity index (χ3n) is 5.27. The Morgan fingerprint density at radius 2 is 1.28 bits per heavy atom. The fourth-order valence-corrected chi connectivity index (χ4v) is 5.09. The molecule has 2 fully saturated rings. The Labute approximate surface area is 182 Å². The molecule has 1 aromatic heterocycles. The number of thioether (sulfide) groups is 1. The lowest BCUT2D eigenvalue weighted by molar-refractivity contribution is 0.551. The van der Waals surface area contributed by atoms with E-state index in [2.05, 4.69) is 40.6 Å². The molecular formula is C22H29N5S2. The van der Waals surface area contributed by atoms with Gasteiger partial charge in [0.15, 0.2) is 5.16 Å². The van der Waals surface area contributed by atoms with Gasteiger partial charge in [0, 0.05) is 41.7 Å². The highest BCUT2D eigenvalue weighted by Crippen LogP contribution is 2.30. The zero-order valence-corrected chi connectivity index (χ0v) is 18.6.